The molecule has 1 atom stereocenters. The van der Waals surface area contributed by atoms with Gasteiger partial charge in [-0.25, -0.2) is 0 Å². The zero-order chi connectivity index (χ0) is 9.14. The van der Waals surface area contributed by atoms with Crippen LogP contribution < -0.4 is 5.73 Å². The van der Waals surface area contributed by atoms with Crippen LogP contribution in [0.3, 0.4) is 0 Å². The Morgan fingerprint density at radius 3 is 2.75 bits per heavy atom. The fourth-order valence-electron chi connectivity index (χ4n) is 1.28. The van der Waals surface area contributed by atoms with Gasteiger partial charge >= 0.3 is 0 Å². The lowest BCUT2D eigenvalue weighted by atomic mass is 9.97. The summed E-state index contributed by atoms with van der Waals surface area (Å²) >= 11 is 3.50. The molecule has 0 aliphatic rings. The van der Waals surface area contributed by atoms with Gasteiger partial charge in [-0.2, -0.15) is 0 Å². The van der Waals surface area contributed by atoms with E-state index in [0.717, 1.165) is 0 Å². The highest BCUT2D eigenvalue weighted by Gasteiger charge is 2.07. The summed E-state index contributed by atoms with van der Waals surface area (Å²) in [6.07, 6.45) is 0. The molecule has 0 fully saturated rings. The van der Waals surface area contributed by atoms with Gasteiger partial charge in [0.05, 0.1) is 0 Å². The summed E-state index contributed by atoms with van der Waals surface area (Å²) in [7, 11) is 0. The number of hydrogen-bond acceptors (Lipinski definition) is 1. The molecule has 0 bridgehead atoms. The SMILES string of the molecule is Cc1c(Br)cccc1C(C)CN. The average Bonchev–Trinajstić information content (AvgIpc) is 2.08. The molecule has 1 aromatic rings. The van der Waals surface area contributed by atoms with E-state index in [2.05, 4.69) is 48.0 Å². The Hall–Kier alpha value is -0.340. The van der Waals surface area contributed by atoms with Gasteiger partial charge in [-0.3, -0.25) is 0 Å². The second-order valence-corrected chi connectivity index (χ2v) is 3.95. The van der Waals surface area contributed by atoms with E-state index in [1.54, 1.807) is 0 Å². The molecule has 1 nitrogen and oxygen atoms in total. The minimum absolute atomic E-state index is 0.447. The maximum absolute atomic E-state index is 5.61. The first-order valence-electron chi connectivity index (χ1n) is 4.12. The molecule has 0 amide bonds. The molecule has 1 rings (SSSR count). The Morgan fingerprint density at radius 1 is 1.50 bits per heavy atom. The highest BCUT2D eigenvalue weighted by Crippen LogP contribution is 2.24. The molecule has 2 heteroatoms. The molecule has 0 heterocycles. The maximum atomic E-state index is 5.61. The van der Waals surface area contributed by atoms with Gasteiger partial charge in [0.25, 0.3) is 0 Å². The van der Waals surface area contributed by atoms with Crippen molar-refractivity contribution in [1.82, 2.24) is 0 Å². The first-order valence-corrected chi connectivity index (χ1v) is 4.91. The molecule has 0 saturated heterocycles. The normalized spacial score (nSPS) is 13.0. The molecule has 0 aromatic heterocycles. The van der Waals surface area contributed by atoms with Crippen molar-refractivity contribution in [3.63, 3.8) is 0 Å². The number of rotatable bonds is 2. The van der Waals surface area contributed by atoms with Gasteiger partial charge in [0.15, 0.2) is 0 Å². The first-order chi connectivity index (χ1) is 5.66. The molecule has 66 valence electrons. The fraction of sp³-hybridized carbons (Fsp3) is 0.400. The van der Waals surface area contributed by atoms with E-state index in [0.29, 0.717) is 12.5 Å². The van der Waals surface area contributed by atoms with Crippen molar-refractivity contribution in [2.45, 2.75) is 19.8 Å². The molecular formula is C10H14BrN. The Kier molecular flexibility index (Phi) is 3.29. The van der Waals surface area contributed by atoms with E-state index in [9.17, 15) is 0 Å². The second-order valence-electron chi connectivity index (χ2n) is 3.09. The molecular weight excluding hydrogens is 214 g/mol. The van der Waals surface area contributed by atoms with Crippen molar-refractivity contribution < 1.29 is 0 Å². The van der Waals surface area contributed by atoms with Gasteiger partial charge in [0.1, 0.15) is 0 Å². The predicted molar refractivity (Wildman–Crippen MR) is 56.3 cm³/mol. The Balaban J connectivity index is 3.07. The van der Waals surface area contributed by atoms with Crippen LogP contribution in [0.5, 0.6) is 0 Å². The summed E-state index contributed by atoms with van der Waals surface area (Å²) in [5, 5.41) is 0. The van der Waals surface area contributed by atoms with E-state index in [-0.39, 0.29) is 0 Å². The molecule has 0 aliphatic carbocycles. The highest BCUT2D eigenvalue weighted by atomic mass is 79.9. The Labute approximate surface area is 82.1 Å². The van der Waals surface area contributed by atoms with Crippen molar-refractivity contribution in [2.75, 3.05) is 6.54 Å². The van der Waals surface area contributed by atoms with Crippen molar-refractivity contribution in [1.29, 1.82) is 0 Å². The zero-order valence-corrected chi connectivity index (χ0v) is 9.06. The molecule has 1 aromatic carbocycles. The highest BCUT2D eigenvalue weighted by molar-refractivity contribution is 9.10. The minimum Gasteiger partial charge on any atom is -0.330 e. The van der Waals surface area contributed by atoms with Crippen LogP contribution in [0.4, 0.5) is 0 Å². The molecule has 12 heavy (non-hydrogen) atoms. The second kappa shape index (κ2) is 4.06. The van der Waals surface area contributed by atoms with Gasteiger partial charge in [0.2, 0.25) is 0 Å². The lowest BCUT2D eigenvalue weighted by molar-refractivity contribution is 0.767. The van der Waals surface area contributed by atoms with E-state index in [1.807, 2.05) is 0 Å². The van der Waals surface area contributed by atoms with Gasteiger partial charge in [-0.15, -0.1) is 0 Å². The van der Waals surface area contributed by atoms with Crippen LogP contribution in [0.2, 0.25) is 0 Å². The number of benzene rings is 1. The van der Waals surface area contributed by atoms with Crippen LogP contribution in [0.15, 0.2) is 22.7 Å². The van der Waals surface area contributed by atoms with Crippen LogP contribution >= 0.6 is 15.9 Å². The third kappa shape index (κ3) is 1.87. The largest absolute Gasteiger partial charge is 0.330 e. The summed E-state index contributed by atoms with van der Waals surface area (Å²) in [6.45, 7) is 4.97. The summed E-state index contributed by atoms with van der Waals surface area (Å²) in [4.78, 5) is 0. The molecule has 0 spiro atoms. The van der Waals surface area contributed by atoms with Gasteiger partial charge in [-0.1, -0.05) is 35.0 Å². The molecule has 0 radical (unpaired) electrons. The third-order valence-corrected chi connectivity index (χ3v) is 3.05. The van der Waals surface area contributed by atoms with Crippen LogP contribution in [0.1, 0.15) is 24.0 Å². The van der Waals surface area contributed by atoms with E-state index < -0.39 is 0 Å². The van der Waals surface area contributed by atoms with Crippen LogP contribution in [-0.4, -0.2) is 6.54 Å². The summed E-state index contributed by atoms with van der Waals surface area (Å²) < 4.78 is 1.17. The van der Waals surface area contributed by atoms with Gasteiger partial charge < -0.3 is 5.73 Å². The van der Waals surface area contributed by atoms with E-state index in [4.69, 9.17) is 5.73 Å². The Morgan fingerprint density at radius 2 is 2.17 bits per heavy atom. The predicted octanol–water partition coefficient (Wildman–Crippen LogP) is 2.82. The quantitative estimate of drug-likeness (QED) is 0.827. The lowest BCUT2D eigenvalue weighted by Crippen LogP contribution is -2.10. The number of nitrogens with two attached hydrogens (primary N) is 1. The first kappa shape index (κ1) is 9.75. The molecule has 2 N–H and O–H groups in total. The monoisotopic (exact) mass is 227 g/mol. The van der Waals surface area contributed by atoms with Crippen molar-refractivity contribution in [3.05, 3.63) is 33.8 Å². The lowest BCUT2D eigenvalue weighted by Gasteiger charge is -2.12. The van der Waals surface area contributed by atoms with Gasteiger partial charge in [-0.05, 0) is 36.6 Å². The minimum atomic E-state index is 0.447. The molecule has 0 aliphatic heterocycles. The van der Waals surface area contributed by atoms with Gasteiger partial charge in [0, 0.05) is 4.47 Å². The third-order valence-electron chi connectivity index (χ3n) is 2.19. The number of halogens is 1. The van der Waals surface area contributed by atoms with Crippen molar-refractivity contribution >= 4 is 15.9 Å². The number of hydrogen-bond donors (Lipinski definition) is 1. The molecule has 1 unspecified atom stereocenters. The topological polar surface area (TPSA) is 26.0 Å². The zero-order valence-electron chi connectivity index (χ0n) is 7.47. The summed E-state index contributed by atoms with van der Waals surface area (Å²) in [6, 6.07) is 6.25. The molecule has 0 saturated carbocycles. The average molecular weight is 228 g/mol. The smallest absolute Gasteiger partial charge is 0.0207 e. The van der Waals surface area contributed by atoms with E-state index in [1.165, 1.54) is 15.6 Å². The summed E-state index contributed by atoms with van der Waals surface area (Å²) in [5.41, 5.74) is 8.25. The maximum Gasteiger partial charge on any atom is 0.0207 e. The fourth-order valence-corrected chi connectivity index (χ4v) is 1.67. The van der Waals surface area contributed by atoms with Crippen molar-refractivity contribution in [3.8, 4) is 0 Å². The standard InChI is InChI=1S/C10H14BrN/c1-7(6-12)9-4-3-5-10(11)8(9)2/h3-5,7H,6,12H2,1-2H3. The van der Waals surface area contributed by atoms with Crippen LogP contribution in [0, 0.1) is 6.92 Å². The van der Waals surface area contributed by atoms with E-state index >= 15 is 0 Å². The van der Waals surface area contributed by atoms with Crippen molar-refractivity contribution in [2.24, 2.45) is 5.73 Å². The van der Waals surface area contributed by atoms with Crippen LogP contribution in [-0.2, 0) is 0 Å². The van der Waals surface area contributed by atoms with Crippen LogP contribution in [0.25, 0.3) is 0 Å². The summed E-state index contributed by atoms with van der Waals surface area (Å²) in [5.74, 6) is 0.447. The Bertz CT molecular complexity index is 271.